The lowest BCUT2D eigenvalue weighted by molar-refractivity contribution is -0.385. The number of carboxylic acids is 1. The van der Waals surface area contributed by atoms with Crippen molar-refractivity contribution in [1.29, 1.82) is 0 Å². The van der Waals surface area contributed by atoms with Crippen LogP contribution in [0.2, 0.25) is 0 Å². The third kappa shape index (κ3) is 3.00. The number of phenols is 2. The van der Waals surface area contributed by atoms with E-state index in [4.69, 9.17) is 0 Å². The number of aromatic carboxylic acids is 1. The Hall–Kier alpha value is -3.46. The number of nitro groups is 1. The van der Waals surface area contributed by atoms with Crippen molar-refractivity contribution >= 4 is 23.0 Å². The highest BCUT2D eigenvalue weighted by molar-refractivity contribution is 7.17. The highest BCUT2D eigenvalue weighted by atomic mass is 32.1. The molecule has 0 aliphatic carbocycles. The monoisotopic (exact) mass is 358 g/mol. The maximum Gasteiger partial charge on any atom is 0.348 e. The van der Waals surface area contributed by atoms with E-state index >= 15 is 0 Å². The molecule has 0 spiro atoms. The Kier molecular flexibility index (Phi) is 4.07. The second kappa shape index (κ2) is 6.21. The Labute approximate surface area is 144 Å². The minimum absolute atomic E-state index is 0.0311. The average molecular weight is 358 g/mol. The van der Waals surface area contributed by atoms with Crippen molar-refractivity contribution in [2.45, 2.75) is 0 Å². The van der Waals surface area contributed by atoms with Gasteiger partial charge in [-0.3, -0.25) is 10.1 Å². The first kappa shape index (κ1) is 16.4. The summed E-state index contributed by atoms with van der Waals surface area (Å²) in [7, 11) is 0. The molecule has 0 unspecified atom stereocenters. The summed E-state index contributed by atoms with van der Waals surface area (Å²) >= 11 is 0.825. The van der Waals surface area contributed by atoms with Crippen molar-refractivity contribution in [2.24, 2.45) is 0 Å². The molecule has 3 N–H and O–H groups in total. The number of rotatable bonds is 4. The van der Waals surface area contributed by atoms with E-state index in [-0.39, 0.29) is 21.1 Å². The largest absolute Gasteiger partial charge is 0.504 e. The van der Waals surface area contributed by atoms with Crippen LogP contribution in [0.15, 0.2) is 42.5 Å². The van der Waals surface area contributed by atoms with Crippen LogP contribution in [0.1, 0.15) is 9.67 Å². The molecular weight excluding hydrogens is 348 g/mol. The smallest absolute Gasteiger partial charge is 0.348 e. The van der Waals surface area contributed by atoms with E-state index < -0.39 is 28.1 Å². The number of carbonyl (C=O) groups is 1. The number of hydrogen-bond donors (Lipinski definition) is 3. The van der Waals surface area contributed by atoms with Crippen molar-refractivity contribution in [3.63, 3.8) is 0 Å². The highest BCUT2D eigenvalue weighted by Crippen LogP contribution is 2.41. The maximum atomic E-state index is 11.5. The lowest BCUT2D eigenvalue weighted by atomic mass is 10.1. The molecule has 0 bridgehead atoms. The fourth-order valence-electron chi connectivity index (χ4n) is 2.25. The number of phenolic OH excluding ortho intramolecular Hbond substituents is 2. The van der Waals surface area contributed by atoms with Crippen LogP contribution in [0.4, 0.5) is 5.69 Å². The van der Waals surface area contributed by atoms with Crippen LogP contribution in [0, 0.1) is 10.1 Å². The average Bonchev–Trinajstić information content (AvgIpc) is 3.03. The fourth-order valence-corrected chi connectivity index (χ4v) is 3.16. The van der Waals surface area contributed by atoms with Crippen LogP contribution < -0.4 is 0 Å². The van der Waals surface area contributed by atoms with Crippen LogP contribution in [-0.4, -0.2) is 31.2 Å². The van der Waals surface area contributed by atoms with Gasteiger partial charge in [0.05, 0.1) is 10.6 Å². The zero-order chi connectivity index (χ0) is 18.1. The number of hydrogen-bond acceptors (Lipinski definition) is 7. The number of nitro benzene ring substituents is 1. The van der Waals surface area contributed by atoms with Gasteiger partial charge in [0.2, 0.25) is 5.75 Å². The lowest BCUT2D eigenvalue weighted by Crippen LogP contribution is -1.95. The van der Waals surface area contributed by atoms with Gasteiger partial charge in [-0.15, -0.1) is 11.3 Å². The topological polar surface area (TPSA) is 134 Å². The second-order valence-corrected chi connectivity index (χ2v) is 5.99. The Bertz CT molecular complexity index is 984. The van der Waals surface area contributed by atoms with Gasteiger partial charge >= 0.3 is 11.7 Å². The van der Waals surface area contributed by atoms with E-state index in [1.165, 1.54) is 0 Å². The summed E-state index contributed by atoms with van der Waals surface area (Å²) in [6.45, 7) is 0. The molecule has 0 aliphatic rings. The first-order valence-electron chi connectivity index (χ1n) is 6.88. The minimum Gasteiger partial charge on any atom is -0.504 e. The quantitative estimate of drug-likeness (QED) is 0.369. The van der Waals surface area contributed by atoms with Crippen molar-refractivity contribution in [3.05, 3.63) is 57.5 Å². The third-order valence-electron chi connectivity index (χ3n) is 3.38. The van der Waals surface area contributed by atoms with E-state index in [0.29, 0.717) is 5.56 Å². The summed E-state index contributed by atoms with van der Waals surface area (Å²) in [4.78, 5) is 25.9. The predicted molar refractivity (Wildman–Crippen MR) is 89.9 cm³/mol. The van der Waals surface area contributed by atoms with E-state index in [1.807, 2.05) is 0 Å². The normalized spacial score (nSPS) is 10.6. The predicted octanol–water partition coefficient (Wildman–Crippen LogP) is 3.49. The first-order valence-corrected chi connectivity index (χ1v) is 7.70. The van der Waals surface area contributed by atoms with Crippen LogP contribution >= 0.6 is 11.3 Å². The van der Waals surface area contributed by atoms with Gasteiger partial charge in [-0.2, -0.15) is 0 Å². The summed E-state index contributed by atoms with van der Waals surface area (Å²) < 4.78 is 0. The molecule has 0 aliphatic heterocycles. The summed E-state index contributed by atoms with van der Waals surface area (Å²) in [5.74, 6) is -2.72. The van der Waals surface area contributed by atoms with Gasteiger partial charge in [0.25, 0.3) is 0 Å². The zero-order valence-corrected chi connectivity index (χ0v) is 13.2. The molecule has 3 aromatic rings. The van der Waals surface area contributed by atoms with Gasteiger partial charge in [-0.1, -0.05) is 30.3 Å². The molecule has 8 nitrogen and oxygen atoms in total. The Morgan fingerprint density at radius 1 is 1.12 bits per heavy atom. The van der Waals surface area contributed by atoms with Gasteiger partial charge in [-0.25, -0.2) is 9.78 Å². The number of benzene rings is 2. The molecule has 9 heteroatoms. The van der Waals surface area contributed by atoms with Crippen molar-refractivity contribution in [2.75, 3.05) is 0 Å². The molecule has 126 valence electrons. The molecule has 2 aromatic carbocycles. The van der Waals surface area contributed by atoms with E-state index in [9.17, 15) is 30.2 Å². The lowest BCUT2D eigenvalue weighted by Gasteiger charge is -2.02. The summed E-state index contributed by atoms with van der Waals surface area (Å²) in [6.07, 6.45) is 0. The molecule has 3 rings (SSSR count). The molecule has 1 heterocycles. The van der Waals surface area contributed by atoms with Crippen LogP contribution in [0.5, 0.6) is 11.5 Å². The number of aromatic hydroxyl groups is 2. The molecule has 0 fully saturated rings. The van der Waals surface area contributed by atoms with Crippen LogP contribution in [-0.2, 0) is 0 Å². The number of carboxylic acid groups (broad SMARTS) is 1. The van der Waals surface area contributed by atoms with Gasteiger partial charge in [0.15, 0.2) is 5.75 Å². The van der Waals surface area contributed by atoms with Crippen molar-refractivity contribution < 1.29 is 25.0 Å². The van der Waals surface area contributed by atoms with E-state index in [1.54, 1.807) is 30.3 Å². The molecule has 25 heavy (non-hydrogen) atoms. The van der Waals surface area contributed by atoms with Crippen LogP contribution in [0.3, 0.4) is 0 Å². The third-order valence-corrected chi connectivity index (χ3v) is 4.47. The molecule has 0 saturated carbocycles. The van der Waals surface area contributed by atoms with E-state index in [2.05, 4.69) is 4.98 Å². The molecule has 0 atom stereocenters. The second-order valence-electron chi connectivity index (χ2n) is 4.99. The van der Waals surface area contributed by atoms with E-state index in [0.717, 1.165) is 23.5 Å². The molecular formula is C16H10N2O6S. The molecule has 0 amide bonds. The maximum absolute atomic E-state index is 11.5. The van der Waals surface area contributed by atoms with Crippen molar-refractivity contribution in [3.8, 4) is 33.3 Å². The fraction of sp³-hybridized carbons (Fsp3) is 0. The molecule has 1 aromatic heterocycles. The Balaban J connectivity index is 2.20. The summed E-state index contributed by atoms with van der Waals surface area (Å²) in [5, 5.41) is 39.8. The van der Waals surface area contributed by atoms with Gasteiger partial charge in [-0.05, 0) is 6.07 Å². The zero-order valence-electron chi connectivity index (χ0n) is 12.4. The van der Waals surface area contributed by atoms with Crippen molar-refractivity contribution in [1.82, 2.24) is 4.98 Å². The summed E-state index contributed by atoms with van der Waals surface area (Å²) in [6, 6.07) is 10.8. The highest BCUT2D eigenvalue weighted by Gasteiger charge is 2.24. The Morgan fingerprint density at radius 3 is 2.40 bits per heavy atom. The molecule has 0 saturated heterocycles. The Morgan fingerprint density at radius 2 is 1.80 bits per heavy atom. The summed E-state index contributed by atoms with van der Waals surface area (Å²) in [5.41, 5.74) is 0.253. The standard InChI is InChI=1S/C16H10N2O6S/c19-11-7-9(6-10(13(11)20)18(23)24)15-17-12(14(25-15)16(21)22)8-4-2-1-3-5-8/h1-7,19-20H,(H,21,22). The van der Waals surface area contributed by atoms with Gasteiger partial charge < -0.3 is 15.3 Å². The van der Waals surface area contributed by atoms with Gasteiger partial charge in [0.1, 0.15) is 9.88 Å². The molecule has 0 radical (unpaired) electrons. The van der Waals surface area contributed by atoms with Gasteiger partial charge in [0, 0.05) is 17.2 Å². The number of nitrogens with zero attached hydrogens (tertiary/aromatic N) is 2. The number of aromatic nitrogens is 1. The van der Waals surface area contributed by atoms with Crippen LogP contribution in [0.25, 0.3) is 21.8 Å². The minimum atomic E-state index is -1.18. The SMILES string of the molecule is O=C(O)c1sc(-c2cc(O)c(O)c([N+](=O)[O-])c2)nc1-c1ccccc1. The number of thiazole rings is 1. The first-order chi connectivity index (χ1) is 11.9.